The highest BCUT2D eigenvalue weighted by Crippen LogP contribution is 2.22. The molecule has 0 bridgehead atoms. The molecule has 1 aromatic rings. The molecule has 6 nitrogen and oxygen atoms in total. The van der Waals surface area contributed by atoms with Gasteiger partial charge in [-0.3, -0.25) is 4.90 Å². The fourth-order valence-corrected chi connectivity index (χ4v) is 5.10. The van der Waals surface area contributed by atoms with Gasteiger partial charge in [-0.1, -0.05) is 27.2 Å². The van der Waals surface area contributed by atoms with Gasteiger partial charge >= 0.3 is 0 Å². The van der Waals surface area contributed by atoms with Crippen molar-refractivity contribution >= 4 is 9.84 Å². The van der Waals surface area contributed by atoms with Crippen LogP contribution in [0.25, 0.3) is 0 Å². The average molecular weight is 386 g/mol. The first-order chi connectivity index (χ1) is 12.4. The Morgan fingerprint density at radius 2 is 2.12 bits per heavy atom. The van der Waals surface area contributed by atoms with Gasteiger partial charge < -0.3 is 9.67 Å². The molecular weight excluding hydrogens is 350 g/mol. The highest BCUT2D eigenvalue weighted by molar-refractivity contribution is 7.91. The van der Waals surface area contributed by atoms with Crippen molar-refractivity contribution in [3.8, 4) is 0 Å². The molecule has 0 aromatic carbocycles. The summed E-state index contributed by atoms with van der Waals surface area (Å²) < 4.78 is 27.6. The van der Waals surface area contributed by atoms with Crippen molar-refractivity contribution in [2.75, 3.05) is 18.9 Å². The molecule has 1 atom stereocenters. The van der Waals surface area contributed by atoms with Crippen LogP contribution in [0.2, 0.25) is 0 Å². The maximum Gasteiger partial charge on any atom is 0.227 e. The molecule has 0 spiro atoms. The molecule has 1 aliphatic heterocycles. The minimum atomic E-state index is -3.36. The molecule has 2 rings (SSSR count). The Balaban J connectivity index is 2.19. The second-order valence-electron chi connectivity index (χ2n) is 7.84. The number of hydrogen-bond acceptors (Lipinski definition) is 5. The largest absolute Gasteiger partial charge is 0.395 e. The second-order valence-corrected chi connectivity index (χ2v) is 9.84. The van der Waals surface area contributed by atoms with Gasteiger partial charge in [-0.25, -0.2) is 13.4 Å². The highest BCUT2D eigenvalue weighted by atomic mass is 32.2. The Morgan fingerprint density at radius 1 is 1.35 bits per heavy atom. The van der Waals surface area contributed by atoms with Gasteiger partial charge in [0.2, 0.25) is 15.0 Å². The van der Waals surface area contributed by atoms with Crippen molar-refractivity contribution in [1.82, 2.24) is 14.5 Å². The van der Waals surface area contributed by atoms with Gasteiger partial charge in [0.25, 0.3) is 0 Å². The zero-order valence-corrected chi connectivity index (χ0v) is 17.3. The topological polar surface area (TPSA) is 75.4 Å². The number of aliphatic hydroxyl groups is 1. The third-order valence-corrected chi connectivity index (χ3v) is 6.89. The molecule has 0 saturated carbocycles. The quantitative estimate of drug-likeness (QED) is 0.634. The van der Waals surface area contributed by atoms with Crippen molar-refractivity contribution < 1.29 is 13.5 Å². The predicted octanol–water partition coefficient (Wildman–Crippen LogP) is 2.85. The summed E-state index contributed by atoms with van der Waals surface area (Å²) in [6, 6.07) is 0.177. The van der Waals surface area contributed by atoms with Crippen LogP contribution in [0.4, 0.5) is 0 Å². The lowest BCUT2D eigenvalue weighted by Gasteiger charge is -2.23. The summed E-state index contributed by atoms with van der Waals surface area (Å²) in [7, 11) is -3.36. The van der Waals surface area contributed by atoms with Crippen LogP contribution in [0.1, 0.15) is 65.0 Å². The molecule has 0 amide bonds. The summed E-state index contributed by atoms with van der Waals surface area (Å²) >= 11 is 0. The summed E-state index contributed by atoms with van der Waals surface area (Å²) in [5.74, 6) is 0.669. The fourth-order valence-electron chi connectivity index (χ4n) is 3.61. The van der Waals surface area contributed by atoms with Crippen molar-refractivity contribution in [2.45, 2.75) is 83.6 Å². The van der Waals surface area contributed by atoms with Gasteiger partial charge in [0.05, 0.1) is 24.3 Å². The summed E-state index contributed by atoms with van der Waals surface area (Å²) in [5.41, 5.74) is 0.946. The number of nitrogens with zero attached hydrogens (tertiary/aromatic N) is 3. The first-order valence-electron chi connectivity index (χ1n) is 10.0. The van der Waals surface area contributed by atoms with Crippen LogP contribution in [0.15, 0.2) is 11.4 Å². The lowest BCUT2D eigenvalue weighted by atomic mass is 10.1. The van der Waals surface area contributed by atoms with Gasteiger partial charge in [-0.2, -0.15) is 0 Å². The second kappa shape index (κ2) is 9.85. The zero-order valence-electron chi connectivity index (χ0n) is 16.5. The molecule has 1 aliphatic rings. The summed E-state index contributed by atoms with van der Waals surface area (Å²) in [4.78, 5) is 6.56. The number of imidazole rings is 1. The number of aromatic nitrogens is 2. The van der Waals surface area contributed by atoms with Gasteiger partial charge in [0.15, 0.2) is 0 Å². The third kappa shape index (κ3) is 5.54. The summed E-state index contributed by atoms with van der Waals surface area (Å²) in [6.07, 6.45) is 7.32. The van der Waals surface area contributed by atoms with E-state index in [0.29, 0.717) is 25.4 Å². The van der Waals surface area contributed by atoms with Crippen LogP contribution in [0.5, 0.6) is 0 Å². The van der Waals surface area contributed by atoms with E-state index in [4.69, 9.17) is 0 Å². The molecule has 1 aromatic heterocycles. The number of hydrogen-bond donors (Lipinski definition) is 1. The van der Waals surface area contributed by atoms with Crippen LogP contribution in [0.3, 0.4) is 0 Å². The van der Waals surface area contributed by atoms with E-state index >= 15 is 0 Å². The van der Waals surface area contributed by atoms with E-state index in [1.54, 1.807) is 6.20 Å². The maximum atomic E-state index is 12.8. The standard InChI is InChI=1S/C19H35N3O3S/c1-4-5-11-22-18(14-21-10-6-9-17(21)15-23)13-20-19(22)26(24,25)12-7-8-16(2)3/h13,16-17,23H,4-12,14-15H2,1-3H3/t17-/m0/s1. The Morgan fingerprint density at radius 3 is 2.77 bits per heavy atom. The zero-order chi connectivity index (χ0) is 19.2. The lowest BCUT2D eigenvalue weighted by Crippen LogP contribution is -2.32. The van der Waals surface area contributed by atoms with Crippen LogP contribution < -0.4 is 0 Å². The van der Waals surface area contributed by atoms with Crippen molar-refractivity contribution in [3.05, 3.63) is 11.9 Å². The van der Waals surface area contributed by atoms with Crippen LogP contribution in [-0.2, 0) is 22.9 Å². The van der Waals surface area contributed by atoms with Crippen molar-refractivity contribution in [3.63, 3.8) is 0 Å². The molecule has 0 radical (unpaired) electrons. The number of unbranched alkanes of at least 4 members (excludes halogenated alkanes) is 1. The van der Waals surface area contributed by atoms with Crippen molar-refractivity contribution in [2.24, 2.45) is 5.92 Å². The minimum absolute atomic E-state index is 0.156. The van der Waals surface area contributed by atoms with Crippen LogP contribution in [0, 0.1) is 5.92 Å². The normalized spacial score (nSPS) is 18.9. The molecule has 7 heteroatoms. The Kier molecular flexibility index (Phi) is 8.10. The first kappa shape index (κ1) is 21.4. The number of rotatable bonds is 11. The molecule has 150 valence electrons. The van der Waals surface area contributed by atoms with E-state index in [-0.39, 0.29) is 23.6 Å². The van der Waals surface area contributed by atoms with E-state index < -0.39 is 9.84 Å². The van der Waals surface area contributed by atoms with Crippen LogP contribution in [-0.4, -0.2) is 52.9 Å². The molecule has 1 saturated heterocycles. The van der Waals surface area contributed by atoms with Crippen LogP contribution >= 0.6 is 0 Å². The molecule has 1 N–H and O–H groups in total. The summed E-state index contributed by atoms with van der Waals surface area (Å²) in [6.45, 7) is 8.77. The van der Waals surface area contributed by atoms with Crippen molar-refractivity contribution in [1.29, 1.82) is 0 Å². The van der Waals surface area contributed by atoms with E-state index in [1.807, 2.05) is 4.57 Å². The summed E-state index contributed by atoms with van der Waals surface area (Å²) in [5, 5.41) is 9.77. The SMILES string of the molecule is CCCCn1c(CN2CCC[C@H]2CO)cnc1S(=O)(=O)CCCC(C)C. The van der Waals surface area contributed by atoms with Gasteiger partial charge in [0, 0.05) is 19.1 Å². The molecule has 0 unspecified atom stereocenters. The maximum absolute atomic E-state index is 12.8. The molecule has 26 heavy (non-hydrogen) atoms. The molecular formula is C19H35N3O3S. The highest BCUT2D eigenvalue weighted by Gasteiger charge is 2.27. The third-order valence-electron chi connectivity index (χ3n) is 5.18. The Labute approximate surface area is 158 Å². The molecule has 0 aliphatic carbocycles. The van der Waals surface area contributed by atoms with Gasteiger partial charge in [0.1, 0.15) is 0 Å². The fraction of sp³-hybridized carbons (Fsp3) is 0.842. The van der Waals surface area contributed by atoms with Gasteiger partial charge in [-0.05, 0) is 44.6 Å². The number of likely N-dealkylation sites (tertiary alicyclic amines) is 1. The minimum Gasteiger partial charge on any atom is -0.395 e. The van der Waals surface area contributed by atoms with E-state index in [0.717, 1.165) is 44.3 Å². The monoisotopic (exact) mass is 385 g/mol. The average Bonchev–Trinajstić information content (AvgIpc) is 3.19. The number of sulfone groups is 1. The smallest absolute Gasteiger partial charge is 0.227 e. The van der Waals surface area contributed by atoms with E-state index in [1.165, 1.54) is 0 Å². The van der Waals surface area contributed by atoms with Gasteiger partial charge in [-0.15, -0.1) is 0 Å². The lowest BCUT2D eigenvalue weighted by molar-refractivity contribution is 0.151. The molecule has 2 heterocycles. The molecule has 1 fully saturated rings. The van der Waals surface area contributed by atoms with E-state index in [9.17, 15) is 13.5 Å². The van der Waals surface area contributed by atoms with E-state index in [2.05, 4.69) is 30.7 Å². The Bertz CT molecular complexity index is 655. The number of aliphatic hydroxyl groups excluding tert-OH is 1. The Hall–Kier alpha value is -0.920. The predicted molar refractivity (Wildman–Crippen MR) is 104 cm³/mol. The first-order valence-corrected chi connectivity index (χ1v) is 11.7.